The van der Waals surface area contributed by atoms with Gasteiger partial charge >= 0.3 is 0 Å². The third-order valence-corrected chi connectivity index (χ3v) is 5.46. The zero-order valence-electron chi connectivity index (χ0n) is 14.8. The van der Waals surface area contributed by atoms with Gasteiger partial charge in [-0.05, 0) is 43.2 Å². The van der Waals surface area contributed by atoms with Crippen molar-refractivity contribution in [3.63, 3.8) is 0 Å². The van der Waals surface area contributed by atoms with Crippen LogP contribution in [0.25, 0.3) is 0 Å². The van der Waals surface area contributed by atoms with Crippen LogP contribution in [-0.4, -0.2) is 30.6 Å². The number of hydrogen-bond donors (Lipinski definition) is 2. The smallest absolute Gasteiger partial charge is 0.191 e. The average molecular weight is 478 g/mol. The molecule has 134 valence electrons. The molecule has 0 aliphatic rings. The van der Waals surface area contributed by atoms with Gasteiger partial charge in [0.15, 0.2) is 5.96 Å². The van der Waals surface area contributed by atoms with Crippen molar-refractivity contribution in [2.24, 2.45) is 4.99 Å². The lowest BCUT2D eigenvalue weighted by molar-refractivity contribution is 0.748. The number of rotatable bonds is 7. The Balaban J connectivity index is 0.00000288. The Hall–Kier alpha value is -0.670. The Kier molecular flexibility index (Phi) is 9.84. The summed E-state index contributed by atoms with van der Waals surface area (Å²) in [5.74, 6) is 1.34. The van der Waals surface area contributed by atoms with E-state index in [9.17, 15) is 0 Å². The molecular formula is C17H27IN4S2. The lowest BCUT2D eigenvalue weighted by atomic mass is 10.1. The number of halogens is 1. The van der Waals surface area contributed by atoms with E-state index in [2.05, 4.69) is 60.1 Å². The van der Waals surface area contributed by atoms with Crippen LogP contribution in [-0.2, 0) is 6.42 Å². The molecule has 0 saturated heterocycles. The maximum Gasteiger partial charge on any atom is 0.191 e. The van der Waals surface area contributed by atoms with Gasteiger partial charge in [-0.3, -0.25) is 4.99 Å². The highest BCUT2D eigenvalue weighted by molar-refractivity contribution is 14.0. The molecule has 0 fully saturated rings. The van der Waals surface area contributed by atoms with E-state index in [1.165, 1.54) is 10.4 Å². The summed E-state index contributed by atoms with van der Waals surface area (Å²) in [6.07, 6.45) is 0.988. The summed E-state index contributed by atoms with van der Waals surface area (Å²) in [6, 6.07) is 2.18. The number of thiazole rings is 1. The zero-order chi connectivity index (χ0) is 16.7. The maximum atomic E-state index is 4.72. The summed E-state index contributed by atoms with van der Waals surface area (Å²) in [5, 5.41) is 12.2. The molecule has 4 nitrogen and oxygen atoms in total. The zero-order valence-corrected chi connectivity index (χ0v) is 18.7. The van der Waals surface area contributed by atoms with Crippen molar-refractivity contribution < 1.29 is 0 Å². The first-order valence-electron chi connectivity index (χ1n) is 8.07. The predicted octanol–water partition coefficient (Wildman–Crippen LogP) is 4.34. The molecule has 2 N–H and O–H groups in total. The first-order chi connectivity index (χ1) is 11.1. The Bertz CT molecular complexity index is 623. The van der Waals surface area contributed by atoms with Gasteiger partial charge in [-0.2, -0.15) is 11.3 Å². The summed E-state index contributed by atoms with van der Waals surface area (Å²) in [6.45, 7) is 11.0. The molecule has 2 aromatic rings. The third kappa shape index (κ3) is 6.68. The molecule has 0 spiro atoms. The highest BCUT2D eigenvalue weighted by Gasteiger charge is 2.07. The van der Waals surface area contributed by atoms with E-state index in [0.29, 0.717) is 5.92 Å². The molecule has 0 aromatic carbocycles. The minimum Gasteiger partial charge on any atom is -0.357 e. The highest BCUT2D eigenvalue weighted by atomic mass is 127. The van der Waals surface area contributed by atoms with Gasteiger partial charge in [0.25, 0.3) is 0 Å². The molecule has 0 aliphatic heterocycles. The molecule has 7 heteroatoms. The summed E-state index contributed by atoms with van der Waals surface area (Å²) >= 11 is 3.53. The largest absolute Gasteiger partial charge is 0.357 e. The van der Waals surface area contributed by atoms with Gasteiger partial charge in [0.2, 0.25) is 0 Å². The Morgan fingerprint density at radius 3 is 2.71 bits per heavy atom. The molecule has 0 saturated carbocycles. The number of hydrogen-bond acceptors (Lipinski definition) is 4. The normalized spacial score (nSPS) is 12.6. The molecule has 24 heavy (non-hydrogen) atoms. The van der Waals surface area contributed by atoms with Crippen molar-refractivity contribution in [2.45, 2.75) is 40.0 Å². The molecule has 2 aromatic heterocycles. The fourth-order valence-corrected chi connectivity index (χ4v) is 4.05. The van der Waals surface area contributed by atoms with E-state index >= 15 is 0 Å². The Morgan fingerprint density at radius 2 is 2.12 bits per heavy atom. The van der Waals surface area contributed by atoms with Crippen molar-refractivity contribution in [1.29, 1.82) is 0 Å². The molecule has 1 unspecified atom stereocenters. The molecular weight excluding hydrogens is 451 g/mol. The molecule has 2 heterocycles. The standard InChI is InChI=1S/C17H26N4S2.HI/c1-5-18-17(20-10-12(2)15-7-9-22-11-15)19-8-6-16-13(3)21-14(4)23-16;/h7,9,11-12H,5-6,8,10H2,1-4H3,(H2,18,19,20);1H. The number of guanidine groups is 1. The second-order valence-electron chi connectivity index (χ2n) is 5.60. The molecule has 0 radical (unpaired) electrons. The van der Waals surface area contributed by atoms with Crippen molar-refractivity contribution in [2.75, 3.05) is 19.6 Å². The van der Waals surface area contributed by atoms with Crippen LogP contribution in [0.5, 0.6) is 0 Å². The van der Waals surface area contributed by atoms with Crippen molar-refractivity contribution in [3.8, 4) is 0 Å². The molecule has 0 amide bonds. The number of nitrogens with zero attached hydrogens (tertiary/aromatic N) is 2. The van der Waals surface area contributed by atoms with E-state index in [1.807, 2.05) is 0 Å². The first kappa shape index (κ1) is 21.4. The van der Waals surface area contributed by atoms with Crippen LogP contribution in [0, 0.1) is 13.8 Å². The quantitative estimate of drug-likeness (QED) is 0.354. The maximum absolute atomic E-state index is 4.72. The lowest BCUT2D eigenvalue weighted by Crippen LogP contribution is -2.38. The number of aliphatic imine (C=N–C) groups is 1. The number of aromatic nitrogens is 1. The Labute approximate surface area is 170 Å². The summed E-state index contributed by atoms with van der Waals surface area (Å²) < 4.78 is 0. The van der Waals surface area contributed by atoms with Crippen LogP contribution in [0.2, 0.25) is 0 Å². The first-order valence-corrected chi connectivity index (χ1v) is 9.83. The van der Waals surface area contributed by atoms with Crippen LogP contribution in [0.1, 0.15) is 40.9 Å². The average Bonchev–Trinajstić information content (AvgIpc) is 3.15. The fourth-order valence-electron chi connectivity index (χ4n) is 2.33. The van der Waals surface area contributed by atoms with Crippen molar-refractivity contribution in [3.05, 3.63) is 38.0 Å². The Morgan fingerprint density at radius 1 is 1.33 bits per heavy atom. The molecule has 0 aliphatic carbocycles. The number of thiophene rings is 1. The van der Waals surface area contributed by atoms with Gasteiger partial charge in [0, 0.05) is 36.9 Å². The highest BCUT2D eigenvalue weighted by Crippen LogP contribution is 2.18. The second-order valence-corrected chi connectivity index (χ2v) is 7.66. The van der Waals surface area contributed by atoms with Crippen molar-refractivity contribution >= 4 is 52.6 Å². The topological polar surface area (TPSA) is 49.3 Å². The summed E-state index contributed by atoms with van der Waals surface area (Å²) in [5.41, 5.74) is 2.52. The monoisotopic (exact) mass is 478 g/mol. The number of aryl methyl sites for hydroxylation is 2. The van der Waals surface area contributed by atoms with E-state index in [4.69, 9.17) is 4.99 Å². The molecule has 0 bridgehead atoms. The van der Waals surface area contributed by atoms with E-state index in [0.717, 1.165) is 42.7 Å². The van der Waals surface area contributed by atoms with Crippen LogP contribution >= 0.6 is 46.7 Å². The van der Waals surface area contributed by atoms with Crippen LogP contribution in [0.15, 0.2) is 21.8 Å². The lowest BCUT2D eigenvalue weighted by Gasteiger charge is -2.13. The second kappa shape index (κ2) is 11.0. The fraction of sp³-hybridized carbons (Fsp3) is 0.529. The molecule has 2 rings (SSSR count). The summed E-state index contributed by atoms with van der Waals surface area (Å²) in [7, 11) is 0. The van der Waals surface area contributed by atoms with E-state index in [-0.39, 0.29) is 24.0 Å². The van der Waals surface area contributed by atoms with Gasteiger partial charge in [-0.15, -0.1) is 35.3 Å². The van der Waals surface area contributed by atoms with Crippen LogP contribution in [0.3, 0.4) is 0 Å². The summed E-state index contributed by atoms with van der Waals surface area (Å²) in [4.78, 5) is 10.6. The third-order valence-electron chi connectivity index (χ3n) is 3.62. The van der Waals surface area contributed by atoms with E-state index < -0.39 is 0 Å². The van der Waals surface area contributed by atoms with Crippen LogP contribution < -0.4 is 10.6 Å². The minimum atomic E-state index is 0. The van der Waals surface area contributed by atoms with Gasteiger partial charge < -0.3 is 10.6 Å². The molecule has 1 atom stereocenters. The number of nitrogens with one attached hydrogen (secondary N) is 2. The predicted molar refractivity (Wildman–Crippen MR) is 117 cm³/mol. The van der Waals surface area contributed by atoms with E-state index in [1.54, 1.807) is 22.7 Å². The van der Waals surface area contributed by atoms with Gasteiger partial charge in [0.1, 0.15) is 0 Å². The van der Waals surface area contributed by atoms with Gasteiger partial charge in [-0.25, -0.2) is 4.98 Å². The SMILES string of the molecule is CCNC(=NCC(C)c1ccsc1)NCCc1sc(C)nc1C.I. The van der Waals surface area contributed by atoms with Crippen molar-refractivity contribution in [1.82, 2.24) is 15.6 Å². The van der Waals surface area contributed by atoms with Crippen LogP contribution in [0.4, 0.5) is 0 Å². The minimum absolute atomic E-state index is 0. The van der Waals surface area contributed by atoms with Gasteiger partial charge in [0.05, 0.1) is 10.7 Å². The van der Waals surface area contributed by atoms with Gasteiger partial charge in [-0.1, -0.05) is 6.92 Å².